The van der Waals surface area contributed by atoms with E-state index in [2.05, 4.69) is 28.7 Å². The van der Waals surface area contributed by atoms with Gasteiger partial charge in [0.2, 0.25) is 0 Å². The largest absolute Gasteiger partial charge is 0.323 e. The van der Waals surface area contributed by atoms with E-state index in [9.17, 15) is 10.1 Å². The predicted molar refractivity (Wildman–Crippen MR) is 97.1 cm³/mol. The molecule has 2 aromatic heterocycles. The van der Waals surface area contributed by atoms with Crippen LogP contribution in [0.15, 0.2) is 12.3 Å². The highest BCUT2D eigenvalue weighted by molar-refractivity contribution is 7.80. The lowest BCUT2D eigenvalue weighted by atomic mass is 9.89. The minimum Gasteiger partial charge on any atom is -0.323 e. The second-order valence-corrected chi connectivity index (χ2v) is 7.46. The SMILES string of the molecule is C[C@H]1CCc2c(sc(NC(=S)NC(=O)c3ccn(C)n3)c2C#N)C1. The molecule has 1 aliphatic carbocycles. The molecule has 0 aromatic carbocycles. The number of thiocarbonyl (C=S) groups is 1. The third-order valence-corrected chi connectivity index (χ3v) is 5.40. The number of aromatic nitrogens is 2. The fraction of sp³-hybridized carbons (Fsp3) is 0.375. The van der Waals surface area contributed by atoms with Crippen molar-refractivity contribution < 1.29 is 4.79 Å². The van der Waals surface area contributed by atoms with Crippen LogP contribution in [-0.2, 0) is 19.9 Å². The molecule has 0 bridgehead atoms. The molecule has 1 aliphatic rings. The lowest BCUT2D eigenvalue weighted by Crippen LogP contribution is -2.34. The van der Waals surface area contributed by atoms with E-state index in [0.29, 0.717) is 22.2 Å². The first kappa shape index (κ1) is 16.6. The molecule has 24 heavy (non-hydrogen) atoms. The van der Waals surface area contributed by atoms with E-state index >= 15 is 0 Å². The molecule has 0 saturated heterocycles. The first-order valence-corrected chi connectivity index (χ1v) is 8.87. The summed E-state index contributed by atoms with van der Waals surface area (Å²) in [5.41, 5.74) is 2.07. The summed E-state index contributed by atoms with van der Waals surface area (Å²) in [7, 11) is 1.74. The van der Waals surface area contributed by atoms with Gasteiger partial charge in [0.25, 0.3) is 5.91 Å². The van der Waals surface area contributed by atoms with Crippen molar-refractivity contribution in [2.24, 2.45) is 13.0 Å². The minimum atomic E-state index is -0.374. The fourth-order valence-corrected chi connectivity index (χ4v) is 4.42. The maximum atomic E-state index is 12.1. The van der Waals surface area contributed by atoms with Crippen molar-refractivity contribution in [3.63, 3.8) is 0 Å². The molecular weight excluding hydrogens is 342 g/mol. The van der Waals surface area contributed by atoms with E-state index in [1.807, 2.05) is 0 Å². The lowest BCUT2D eigenvalue weighted by Gasteiger charge is -2.17. The molecule has 0 saturated carbocycles. The molecule has 2 aromatic rings. The van der Waals surface area contributed by atoms with E-state index < -0.39 is 0 Å². The van der Waals surface area contributed by atoms with Crippen LogP contribution in [0.2, 0.25) is 0 Å². The predicted octanol–water partition coefficient (Wildman–Crippen LogP) is 2.60. The van der Waals surface area contributed by atoms with Crippen LogP contribution in [0, 0.1) is 17.2 Å². The van der Waals surface area contributed by atoms with Gasteiger partial charge in [0, 0.05) is 18.1 Å². The standard InChI is InChI=1S/C16H17N5OS2/c1-9-3-4-10-11(8-17)15(24-13(10)7-9)19-16(23)18-14(22)12-5-6-21(2)20-12/h5-6,9H,3-4,7H2,1-2H3,(H2,18,19,22,23)/t9-/m0/s1. The van der Waals surface area contributed by atoms with E-state index in [0.717, 1.165) is 24.8 Å². The Hall–Kier alpha value is -2.24. The van der Waals surface area contributed by atoms with Gasteiger partial charge in [0.1, 0.15) is 11.1 Å². The zero-order valence-corrected chi connectivity index (χ0v) is 15.1. The van der Waals surface area contributed by atoms with Crippen LogP contribution < -0.4 is 10.6 Å². The van der Waals surface area contributed by atoms with Crippen molar-refractivity contribution >= 4 is 39.6 Å². The van der Waals surface area contributed by atoms with Crippen LogP contribution in [0.1, 0.15) is 39.8 Å². The Morgan fingerprint density at radius 3 is 3.04 bits per heavy atom. The number of fused-ring (bicyclic) bond motifs is 1. The minimum absolute atomic E-state index is 0.175. The maximum absolute atomic E-state index is 12.1. The fourth-order valence-electron chi connectivity index (χ4n) is 2.79. The number of aryl methyl sites for hydroxylation is 1. The zero-order valence-electron chi connectivity index (χ0n) is 13.4. The molecule has 0 unspecified atom stereocenters. The molecule has 1 atom stereocenters. The smallest absolute Gasteiger partial charge is 0.277 e. The van der Waals surface area contributed by atoms with Gasteiger partial charge in [-0.15, -0.1) is 11.3 Å². The number of nitriles is 1. The van der Waals surface area contributed by atoms with Gasteiger partial charge in [-0.1, -0.05) is 6.92 Å². The number of hydrogen-bond acceptors (Lipinski definition) is 5. The van der Waals surface area contributed by atoms with Crippen LogP contribution >= 0.6 is 23.6 Å². The molecular formula is C16H17N5OS2. The third-order valence-electron chi connectivity index (χ3n) is 4.02. The van der Waals surface area contributed by atoms with Crippen molar-refractivity contribution in [3.8, 4) is 6.07 Å². The number of thiophene rings is 1. The molecule has 124 valence electrons. The van der Waals surface area contributed by atoms with Crippen molar-refractivity contribution in [2.75, 3.05) is 5.32 Å². The molecule has 3 rings (SSSR count). The Morgan fingerprint density at radius 1 is 1.58 bits per heavy atom. The molecule has 6 nitrogen and oxygen atoms in total. The van der Waals surface area contributed by atoms with Crippen molar-refractivity contribution in [1.29, 1.82) is 5.26 Å². The molecule has 2 heterocycles. The average molecular weight is 359 g/mol. The van der Waals surface area contributed by atoms with Gasteiger partial charge in [-0.25, -0.2) is 0 Å². The highest BCUT2D eigenvalue weighted by Gasteiger charge is 2.24. The summed E-state index contributed by atoms with van der Waals surface area (Å²) in [6.45, 7) is 2.22. The van der Waals surface area contributed by atoms with Crippen LogP contribution in [0.5, 0.6) is 0 Å². The third kappa shape index (κ3) is 3.32. The summed E-state index contributed by atoms with van der Waals surface area (Å²) in [5, 5.41) is 20.0. The van der Waals surface area contributed by atoms with Gasteiger partial charge in [-0.3, -0.25) is 14.8 Å². The van der Waals surface area contributed by atoms with Crippen molar-refractivity contribution in [2.45, 2.75) is 26.2 Å². The average Bonchev–Trinajstić information content (AvgIpc) is 3.09. The number of hydrogen-bond donors (Lipinski definition) is 2. The van der Waals surface area contributed by atoms with Gasteiger partial charge < -0.3 is 5.32 Å². The number of carbonyl (C=O) groups excluding carboxylic acids is 1. The molecule has 1 amide bonds. The number of amides is 1. The van der Waals surface area contributed by atoms with E-state index in [4.69, 9.17) is 12.2 Å². The maximum Gasteiger partial charge on any atom is 0.277 e. The molecule has 8 heteroatoms. The normalized spacial score (nSPS) is 16.1. The summed E-state index contributed by atoms with van der Waals surface area (Å²) < 4.78 is 1.55. The topological polar surface area (TPSA) is 82.7 Å². The summed E-state index contributed by atoms with van der Waals surface area (Å²) >= 11 is 6.76. The Morgan fingerprint density at radius 2 is 2.38 bits per heavy atom. The highest BCUT2D eigenvalue weighted by atomic mass is 32.1. The Kier molecular flexibility index (Phi) is 4.64. The quantitative estimate of drug-likeness (QED) is 0.806. The van der Waals surface area contributed by atoms with Gasteiger partial charge in [0.05, 0.1) is 5.56 Å². The number of anilines is 1. The number of nitrogens with zero attached hydrogens (tertiary/aromatic N) is 3. The monoisotopic (exact) mass is 359 g/mol. The summed E-state index contributed by atoms with van der Waals surface area (Å²) in [6.07, 6.45) is 4.69. The van der Waals surface area contributed by atoms with Crippen molar-refractivity contribution in [3.05, 3.63) is 34.0 Å². The van der Waals surface area contributed by atoms with Gasteiger partial charge in [-0.2, -0.15) is 10.4 Å². The molecule has 0 aliphatic heterocycles. The van der Waals surface area contributed by atoms with Crippen LogP contribution in [0.25, 0.3) is 0 Å². The number of rotatable bonds is 2. The summed E-state index contributed by atoms with van der Waals surface area (Å²) in [6, 6.07) is 3.89. The molecule has 0 spiro atoms. The van der Waals surface area contributed by atoms with Gasteiger partial charge in [-0.05, 0) is 49.0 Å². The first-order chi connectivity index (χ1) is 11.5. The van der Waals surface area contributed by atoms with Crippen LogP contribution in [0.4, 0.5) is 5.00 Å². The van der Waals surface area contributed by atoms with Gasteiger partial charge in [0.15, 0.2) is 10.8 Å². The van der Waals surface area contributed by atoms with E-state index in [1.165, 1.54) is 4.88 Å². The van der Waals surface area contributed by atoms with Crippen LogP contribution in [0.3, 0.4) is 0 Å². The van der Waals surface area contributed by atoms with Crippen LogP contribution in [-0.4, -0.2) is 20.8 Å². The van der Waals surface area contributed by atoms with E-state index in [-0.39, 0.29) is 11.0 Å². The second-order valence-electron chi connectivity index (χ2n) is 5.95. The Labute approximate surface area is 149 Å². The number of nitrogens with one attached hydrogen (secondary N) is 2. The highest BCUT2D eigenvalue weighted by Crippen LogP contribution is 2.39. The summed E-state index contributed by atoms with van der Waals surface area (Å²) in [5.74, 6) is 0.257. The summed E-state index contributed by atoms with van der Waals surface area (Å²) in [4.78, 5) is 13.3. The molecule has 2 N–H and O–H groups in total. The molecule has 0 fully saturated rings. The molecule has 0 radical (unpaired) electrons. The van der Waals surface area contributed by atoms with E-state index in [1.54, 1.807) is 35.3 Å². The first-order valence-electron chi connectivity index (χ1n) is 7.64. The van der Waals surface area contributed by atoms with Gasteiger partial charge >= 0.3 is 0 Å². The second kappa shape index (κ2) is 6.71. The Bertz CT molecular complexity index is 845. The zero-order chi connectivity index (χ0) is 17.3. The lowest BCUT2D eigenvalue weighted by molar-refractivity contribution is 0.0972. The van der Waals surface area contributed by atoms with Crippen molar-refractivity contribution in [1.82, 2.24) is 15.1 Å². The Balaban J connectivity index is 1.73. The number of carbonyl (C=O) groups is 1.